The van der Waals surface area contributed by atoms with Crippen LogP contribution in [0.15, 0.2) is 0 Å². The minimum absolute atomic E-state index is 0.282. The predicted molar refractivity (Wildman–Crippen MR) is 40.9 cm³/mol. The fourth-order valence-corrected chi connectivity index (χ4v) is 1.31. The van der Waals surface area contributed by atoms with Crippen molar-refractivity contribution >= 4 is 7.85 Å². The molecule has 64 valence electrons. The molecule has 5 heteroatoms. The first-order valence-electron chi connectivity index (χ1n) is 3.66. The molecule has 1 fully saturated rings. The first-order chi connectivity index (χ1) is 5.01. The first kappa shape index (κ1) is 9.00. The summed E-state index contributed by atoms with van der Waals surface area (Å²) >= 11 is 0. The van der Waals surface area contributed by atoms with Gasteiger partial charge in [0.05, 0.1) is 12.6 Å². The second-order valence-corrected chi connectivity index (χ2v) is 3.23. The first-order valence-corrected chi connectivity index (χ1v) is 3.66. The van der Waals surface area contributed by atoms with Gasteiger partial charge in [0, 0.05) is 0 Å². The molecule has 0 radical (unpaired) electrons. The number of aliphatic hydroxyl groups is 3. The topological polar surface area (TPSA) is 69.9 Å². The highest BCUT2D eigenvalue weighted by atomic mass is 16.6. The number of hydrogen-bond donors (Lipinski definition) is 3. The van der Waals surface area contributed by atoms with Gasteiger partial charge in [-0.1, -0.05) is 0 Å². The monoisotopic (exact) mass is 160 g/mol. The van der Waals surface area contributed by atoms with E-state index in [-0.39, 0.29) is 6.61 Å². The van der Waals surface area contributed by atoms with E-state index in [9.17, 15) is 10.2 Å². The van der Waals surface area contributed by atoms with Gasteiger partial charge in [-0.25, -0.2) is 0 Å². The summed E-state index contributed by atoms with van der Waals surface area (Å²) in [7, 11) is 1.66. The zero-order valence-corrected chi connectivity index (χ0v) is 6.69. The van der Waals surface area contributed by atoms with Crippen molar-refractivity contribution < 1.29 is 20.1 Å². The molecule has 1 aliphatic heterocycles. The van der Waals surface area contributed by atoms with Crippen LogP contribution in [0.2, 0.25) is 0 Å². The minimum atomic E-state index is -1.00. The molecule has 0 aromatic carbocycles. The molecule has 3 N–H and O–H groups in total. The van der Waals surface area contributed by atoms with Gasteiger partial charge >= 0.3 is 0 Å². The van der Waals surface area contributed by atoms with Crippen LogP contribution in [0.4, 0.5) is 0 Å². The Morgan fingerprint density at radius 2 is 2.09 bits per heavy atom. The van der Waals surface area contributed by atoms with E-state index in [0.717, 1.165) is 0 Å². The second-order valence-electron chi connectivity index (χ2n) is 3.23. The molecule has 0 saturated carbocycles. The van der Waals surface area contributed by atoms with Gasteiger partial charge < -0.3 is 20.1 Å². The average Bonchev–Trinajstić information content (AvgIpc) is 2.17. The van der Waals surface area contributed by atoms with E-state index in [1.54, 1.807) is 14.8 Å². The minimum Gasteiger partial charge on any atom is -0.393 e. The van der Waals surface area contributed by atoms with Crippen molar-refractivity contribution in [1.29, 1.82) is 0 Å². The van der Waals surface area contributed by atoms with Crippen LogP contribution >= 0.6 is 0 Å². The van der Waals surface area contributed by atoms with Gasteiger partial charge in [0.1, 0.15) is 25.7 Å². The molecule has 0 spiro atoms. The molecule has 0 aromatic heterocycles. The van der Waals surface area contributed by atoms with Gasteiger partial charge in [-0.05, 0) is 6.92 Å². The zero-order chi connectivity index (χ0) is 8.65. The molecule has 1 aliphatic rings. The standard InChI is InChI=1S/C6H13BO4/c1-6(2-8)4(10)3(9)5(7)11-6/h3-5,8-10H,2,7H2,1H3/t3-,4+,5-,6-/m1/s1. The van der Waals surface area contributed by atoms with Crippen molar-refractivity contribution in [3.63, 3.8) is 0 Å². The molecule has 0 aliphatic carbocycles. The molecule has 1 saturated heterocycles. The van der Waals surface area contributed by atoms with Gasteiger partial charge in [0.15, 0.2) is 0 Å². The number of ether oxygens (including phenoxy) is 1. The highest BCUT2D eigenvalue weighted by molar-refractivity contribution is 6.11. The molecular formula is C6H13BO4. The van der Waals surface area contributed by atoms with E-state index in [1.807, 2.05) is 0 Å². The predicted octanol–water partition coefficient (Wildman–Crippen LogP) is -2.55. The second kappa shape index (κ2) is 2.75. The van der Waals surface area contributed by atoms with Crippen molar-refractivity contribution in [3.05, 3.63) is 0 Å². The lowest BCUT2D eigenvalue weighted by Crippen LogP contribution is -2.43. The summed E-state index contributed by atoms with van der Waals surface area (Å²) in [4.78, 5) is 0. The van der Waals surface area contributed by atoms with Crippen LogP contribution in [-0.4, -0.2) is 53.6 Å². The summed E-state index contributed by atoms with van der Waals surface area (Å²) in [5.74, 6) is 0. The normalized spacial score (nSPS) is 51.5. The van der Waals surface area contributed by atoms with E-state index >= 15 is 0 Å². The van der Waals surface area contributed by atoms with Crippen LogP contribution in [0.25, 0.3) is 0 Å². The molecule has 0 bridgehead atoms. The van der Waals surface area contributed by atoms with Crippen molar-refractivity contribution in [2.45, 2.75) is 30.7 Å². The van der Waals surface area contributed by atoms with E-state index < -0.39 is 23.8 Å². The lowest BCUT2D eigenvalue weighted by Gasteiger charge is -2.24. The van der Waals surface area contributed by atoms with Gasteiger partial charge in [0.2, 0.25) is 0 Å². The third kappa shape index (κ3) is 1.29. The Morgan fingerprint density at radius 3 is 2.27 bits per heavy atom. The third-order valence-corrected chi connectivity index (χ3v) is 2.20. The summed E-state index contributed by atoms with van der Waals surface area (Å²) < 4.78 is 5.17. The maximum atomic E-state index is 9.35. The van der Waals surface area contributed by atoms with Crippen LogP contribution in [0.5, 0.6) is 0 Å². The van der Waals surface area contributed by atoms with Crippen LogP contribution in [0.1, 0.15) is 6.92 Å². The van der Waals surface area contributed by atoms with Gasteiger partial charge in [-0.2, -0.15) is 0 Å². The molecule has 11 heavy (non-hydrogen) atoms. The summed E-state index contributed by atoms with van der Waals surface area (Å²) in [5, 5.41) is 27.4. The van der Waals surface area contributed by atoms with Crippen LogP contribution in [0, 0.1) is 0 Å². The summed E-state index contributed by atoms with van der Waals surface area (Å²) in [6, 6.07) is -0.415. The zero-order valence-electron chi connectivity index (χ0n) is 6.69. The summed E-state index contributed by atoms with van der Waals surface area (Å²) in [6.07, 6.45) is -1.89. The maximum Gasteiger partial charge on any atom is 0.142 e. The van der Waals surface area contributed by atoms with Crippen molar-refractivity contribution in [2.75, 3.05) is 6.61 Å². The summed E-state index contributed by atoms with van der Waals surface area (Å²) in [5.41, 5.74) is -1.00. The summed E-state index contributed by atoms with van der Waals surface area (Å²) in [6.45, 7) is 1.29. The van der Waals surface area contributed by atoms with Crippen molar-refractivity contribution in [1.82, 2.24) is 0 Å². The van der Waals surface area contributed by atoms with E-state index in [0.29, 0.717) is 0 Å². The number of hydrogen-bond acceptors (Lipinski definition) is 4. The molecule has 1 heterocycles. The highest BCUT2D eigenvalue weighted by Gasteiger charge is 2.48. The van der Waals surface area contributed by atoms with E-state index in [2.05, 4.69) is 0 Å². The van der Waals surface area contributed by atoms with E-state index in [4.69, 9.17) is 9.84 Å². The quantitative estimate of drug-likeness (QED) is 0.369. The molecule has 0 aromatic rings. The SMILES string of the molecule is B[C@@H]1O[C@](C)(CO)[C@@H](O)[C@H]1O. The van der Waals surface area contributed by atoms with Crippen LogP contribution in [-0.2, 0) is 4.74 Å². The van der Waals surface area contributed by atoms with Crippen LogP contribution < -0.4 is 0 Å². The Bertz CT molecular complexity index is 154. The fraction of sp³-hybridized carbons (Fsp3) is 1.00. The Hall–Kier alpha value is -0.0951. The van der Waals surface area contributed by atoms with Gasteiger partial charge in [-0.15, -0.1) is 0 Å². The number of rotatable bonds is 1. The Labute approximate surface area is 66.2 Å². The Balaban J connectivity index is 2.73. The highest BCUT2D eigenvalue weighted by Crippen LogP contribution is 2.28. The average molecular weight is 160 g/mol. The van der Waals surface area contributed by atoms with Crippen LogP contribution in [0.3, 0.4) is 0 Å². The smallest absolute Gasteiger partial charge is 0.142 e. The van der Waals surface area contributed by atoms with Crippen molar-refractivity contribution in [2.24, 2.45) is 0 Å². The van der Waals surface area contributed by atoms with E-state index in [1.165, 1.54) is 0 Å². The maximum absolute atomic E-state index is 9.35. The van der Waals surface area contributed by atoms with Crippen molar-refractivity contribution in [3.8, 4) is 0 Å². The van der Waals surface area contributed by atoms with Gasteiger partial charge in [-0.3, -0.25) is 0 Å². The van der Waals surface area contributed by atoms with Gasteiger partial charge in [0.25, 0.3) is 0 Å². The Morgan fingerprint density at radius 1 is 1.55 bits per heavy atom. The third-order valence-electron chi connectivity index (χ3n) is 2.20. The molecule has 4 atom stereocenters. The molecule has 0 unspecified atom stereocenters. The molecule has 1 rings (SSSR count). The molecule has 4 nitrogen and oxygen atoms in total. The largest absolute Gasteiger partial charge is 0.393 e. The lowest BCUT2D eigenvalue weighted by atomic mass is 9.90. The fourth-order valence-electron chi connectivity index (χ4n) is 1.31. The number of aliphatic hydroxyl groups excluding tert-OH is 3. The molecular weight excluding hydrogens is 147 g/mol. The lowest BCUT2D eigenvalue weighted by molar-refractivity contribution is -0.0865. The Kier molecular flexibility index (Phi) is 2.25. The molecule has 0 amide bonds.